The number of carbonyl (C=O) groups excluding carboxylic acids is 1. The number of rotatable bonds is 3. The molecule has 1 saturated heterocycles. The number of carboxylic acids is 1. The molecule has 102 valence electrons. The van der Waals surface area contributed by atoms with Crippen LogP contribution in [0.4, 0.5) is 0 Å². The van der Waals surface area contributed by atoms with E-state index in [2.05, 4.69) is 37.8 Å². The molecule has 0 unspecified atom stereocenters. The van der Waals surface area contributed by atoms with Crippen molar-refractivity contribution in [3.8, 4) is 0 Å². The Bertz CT molecular complexity index is 451. The SMILES string of the molecule is C=CC(=O)O.Cc1ccc(CN2CCCC2=O)cc1. The quantitative estimate of drug-likeness (QED) is 0.850. The van der Waals surface area contributed by atoms with Crippen molar-refractivity contribution in [1.82, 2.24) is 4.90 Å². The third-order valence-electron chi connectivity index (χ3n) is 2.84. The van der Waals surface area contributed by atoms with Crippen LogP contribution in [0.2, 0.25) is 0 Å². The molecule has 1 N–H and O–H groups in total. The van der Waals surface area contributed by atoms with Crippen LogP contribution in [0.25, 0.3) is 0 Å². The highest BCUT2D eigenvalue weighted by Crippen LogP contribution is 2.14. The second-order valence-corrected chi connectivity index (χ2v) is 4.45. The van der Waals surface area contributed by atoms with Crippen LogP contribution in [0.5, 0.6) is 0 Å². The van der Waals surface area contributed by atoms with Gasteiger partial charge in [-0.25, -0.2) is 4.79 Å². The van der Waals surface area contributed by atoms with Gasteiger partial charge >= 0.3 is 5.97 Å². The number of amides is 1. The molecule has 0 saturated carbocycles. The maximum absolute atomic E-state index is 11.4. The van der Waals surface area contributed by atoms with Crippen LogP contribution in [0, 0.1) is 6.92 Å². The summed E-state index contributed by atoms with van der Waals surface area (Å²) in [6.45, 7) is 6.74. The van der Waals surface area contributed by atoms with Crippen molar-refractivity contribution in [3.63, 3.8) is 0 Å². The van der Waals surface area contributed by atoms with Gasteiger partial charge in [0.05, 0.1) is 0 Å². The summed E-state index contributed by atoms with van der Waals surface area (Å²) >= 11 is 0. The number of aliphatic carboxylic acids is 1. The van der Waals surface area contributed by atoms with Gasteiger partial charge in [-0.2, -0.15) is 0 Å². The van der Waals surface area contributed by atoms with E-state index in [1.807, 2.05) is 4.90 Å². The first-order valence-corrected chi connectivity index (χ1v) is 6.21. The highest BCUT2D eigenvalue weighted by molar-refractivity contribution is 5.78. The van der Waals surface area contributed by atoms with E-state index >= 15 is 0 Å². The van der Waals surface area contributed by atoms with Gasteiger partial charge in [-0.3, -0.25) is 4.79 Å². The Labute approximate surface area is 113 Å². The Hall–Kier alpha value is -2.10. The minimum absolute atomic E-state index is 0.297. The summed E-state index contributed by atoms with van der Waals surface area (Å²) in [5.74, 6) is -0.685. The van der Waals surface area contributed by atoms with E-state index in [9.17, 15) is 9.59 Å². The first-order chi connectivity index (χ1) is 9.02. The fourth-order valence-corrected chi connectivity index (χ4v) is 1.79. The van der Waals surface area contributed by atoms with Gasteiger partial charge in [0.15, 0.2) is 0 Å². The summed E-state index contributed by atoms with van der Waals surface area (Å²) in [6, 6.07) is 8.38. The highest BCUT2D eigenvalue weighted by atomic mass is 16.4. The zero-order chi connectivity index (χ0) is 14.3. The van der Waals surface area contributed by atoms with Crippen LogP contribution in [0.15, 0.2) is 36.9 Å². The lowest BCUT2D eigenvalue weighted by Crippen LogP contribution is -2.23. The number of likely N-dealkylation sites (tertiary alicyclic amines) is 1. The van der Waals surface area contributed by atoms with Crippen LogP contribution >= 0.6 is 0 Å². The van der Waals surface area contributed by atoms with Crippen LogP contribution in [-0.2, 0) is 16.1 Å². The summed E-state index contributed by atoms with van der Waals surface area (Å²) in [5.41, 5.74) is 2.49. The maximum atomic E-state index is 11.4. The van der Waals surface area contributed by atoms with Gasteiger partial charge in [0.25, 0.3) is 0 Å². The Kier molecular flexibility index (Phi) is 5.79. The molecule has 1 aromatic rings. The van der Waals surface area contributed by atoms with Crippen molar-refractivity contribution >= 4 is 11.9 Å². The second-order valence-electron chi connectivity index (χ2n) is 4.45. The van der Waals surface area contributed by atoms with Crippen LogP contribution in [-0.4, -0.2) is 28.4 Å². The minimum atomic E-state index is -0.981. The molecule has 0 atom stereocenters. The lowest BCUT2D eigenvalue weighted by molar-refractivity contribution is -0.131. The molecule has 4 heteroatoms. The molecule has 1 heterocycles. The minimum Gasteiger partial charge on any atom is -0.478 e. The Morgan fingerprint density at radius 1 is 1.42 bits per heavy atom. The van der Waals surface area contributed by atoms with Gasteiger partial charge < -0.3 is 10.0 Å². The lowest BCUT2D eigenvalue weighted by Gasteiger charge is -2.15. The van der Waals surface area contributed by atoms with Gasteiger partial charge in [0, 0.05) is 25.6 Å². The van der Waals surface area contributed by atoms with Crippen molar-refractivity contribution in [1.29, 1.82) is 0 Å². The molecule has 2 rings (SSSR count). The largest absolute Gasteiger partial charge is 0.478 e. The average Bonchev–Trinajstić information content (AvgIpc) is 2.79. The summed E-state index contributed by atoms with van der Waals surface area (Å²) in [6.07, 6.45) is 2.58. The van der Waals surface area contributed by atoms with E-state index in [4.69, 9.17) is 5.11 Å². The fourth-order valence-electron chi connectivity index (χ4n) is 1.79. The smallest absolute Gasteiger partial charge is 0.327 e. The fraction of sp³-hybridized carbons (Fsp3) is 0.333. The number of benzene rings is 1. The number of hydrogen-bond donors (Lipinski definition) is 1. The molecule has 4 nitrogen and oxygen atoms in total. The zero-order valence-electron chi connectivity index (χ0n) is 11.1. The lowest BCUT2D eigenvalue weighted by atomic mass is 10.1. The van der Waals surface area contributed by atoms with E-state index in [1.54, 1.807) is 0 Å². The van der Waals surface area contributed by atoms with Crippen LogP contribution in [0.1, 0.15) is 24.0 Å². The van der Waals surface area contributed by atoms with Gasteiger partial charge in [-0.1, -0.05) is 36.4 Å². The summed E-state index contributed by atoms with van der Waals surface area (Å²) < 4.78 is 0. The van der Waals surface area contributed by atoms with Crippen LogP contribution in [0.3, 0.4) is 0 Å². The van der Waals surface area contributed by atoms with Crippen molar-refractivity contribution in [2.24, 2.45) is 0 Å². The molecule has 1 aliphatic heterocycles. The first kappa shape index (κ1) is 15.0. The van der Waals surface area contributed by atoms with E-state index in [0.29, 0.717) is 5.91 Å². The highest BCUT2D eigenvalue weighted by Gasteiger charge is 2.19. The summed E-state index contributed by atoms with van der Waals surface area (Å²) in [7, 11) is 0. The molecule has 0 aromatic heterocycles. The van der Waals surface area contributed by atoms with Gasteiger partial charge in [-0.15, -0.1) is 0 Å². The number of aryl methyl sites for hydroxylation is 1. The second kappa shape index (κ2) is 7.36. The monoisotopic (exact) mass is 261 g/mol. The summed E-state index contributed by atoms with van der Waals surface area (Å²) in [5, 5.41) is 7.60. The van der Waals surface area contributed by atoms with Gasteiger partial charge in [0.2, 0.25) is 5.91 Å². The number of nitrogens with zero attached hydrogens (tertiary/aromatic N) is 1. The maximum Gasteiger partial charge on any atom is 0.327 e. The first-order valence-electron chi connectivity index (χ1n) is 6.21. The average molecular weight is 261 g/mol. The Morgan fingerprint density at radius 2 is 2.00 bits per heavy atom. The molecule has 0 aliphatic carbocycles. The Morgan fingerprint density at radius 3 is 2.42 bits per heavy atom. The third kappa shape index (κ3) is 5.38. The molecule has 0 spiro atoms. The molecule has 1 fully saturated rings. The molecule has 19 heavy (non-hydrogen) atoms. The molecular weight excluding hydrogens is 242 g/mol. The normalized spacial score (nSPS) is 13.7. The van der Waals surface area contributed by atoms with Crippen molar-refractivity contribution < 1.29 is 14.7 Å². The standard InChI is InChI=1S/C12H15NO.C3H4O2/c1-10-4-6-11(7-5-10)9-13-8-2-3-12(13)14;1-2-3(4)5/h4-7H,2-3,8-9H2,1H3;2H,1H2,(H,4,5). The van der Waals surface area contributed by atoms with Gasteiger partial charge in [-0.05, 0) is 18.9 Å². The molecule has 0 bridgehead atoms. The molecular formula is C15H19NO3. The van der Waals surface area contributed by atoms with Crippen molar-refractivity contribution in [3.05, 3.63) is 48.0 Å². The molecule has 1 amide bonds. The molecule has 1 aromatic carbocycles. The van der Waals surface area contributed by atoms with Crippen LogP contribution < -0.4 is 0 Å². The zero-order valence-corrected chi connectivity index (χ0v) is 11.1. The van der Waals surface area contributed by atoms with Gasteiger partial charge in [0.1, 0.15) is 0 Å². The third-order valence-corrected chi connectivity index (χ3v) is 2.84. The van der Waals surface area contributed by atoms with Crippen molar-refractivity contribution in [2.75, 3.05) is 6.54 Å². The number of carbonyl (C=O) groups is 2. The molecule has 1 aliphatic rings. The summed E-state index contributed by atoms with van der Waals surface area (Å²) in [4.78, 5) is 22.6. The Balaban J connectivity index is 0.000000312. The van der Waals surface area contributed by atoms with E-state index < -0.39 is 5.97 Å². The van der Waals surface area contributed by atoms with E-state index in [1.165, 1.54) is 11.1 Å². The van der Waals surface area contributed by atoms with Crippen molar-refractivity contribution in [2.45, 2.75) is 26.3 Å². The number of carboxylic acid groups (broad SMARTS) is 1. The van der Waals surface area contributed by atoms with E-state index in [0.717, 1.165) is 32.0 Å². The topological polar surface area (TPSA) is 57.6 Å². The molecule has 0 radical (unpaired) electrons. The predicted molar refractivity (Wildman–Crippen MR) is 73.7 cm³/mol. The number of hydrogen-bond acceptors (Lipinski definition) is 2. The van der Waals surface area contributed by atoms with E-state index in [-0.39, 0.29) is 0 Å². The predicted octanol–water partition coefficient (Wildman–Crippen LogP) is 2.37.